The van der Waals surface area contributed by atoms with Crippen LogP contribution < -0.4 is 5.48 Å². The number of nitrogens with one attached hydrogen (secondary N) is 1. The van der Waals surface area contributed by atoms with E-state index in [1.165, 1.54) is 5.56 Å². The molecule has 164 valence electrons. The topological polar surface area (TPSA) is 100 Å². The third-order valence-corrected chi connectivity index (χ3v) is 6.56. The smallest absolute Gasteiger partial charge is 0.234 e. The number of hydrogen-bond acceptors (Lipinski definition) is 7. The van der Waals surface area contributed by atoms with Crippen molar-refractivity contribution >= 4 is 11.7 Å². The molecule has 2 aromatic rings. The van der Waals surface area contributed by atoms with Crippen molar-refractivity contribution in [1.82, 2.24) is 15.5 Å². The van der Waals surface area contributed by atoms with Crippen LogP contribution in [0.15, 0.2) is 39.8 Å². The first-order valence-electron chi connectivity index (χ1n) is 10.9. The molecule has 1 amide bonds. The number of amidine groups is 1. The average molecular weight is 425 g/mol. The predicted molar refractivity (Wildman–Crippen MR) is 113 cm³/mol. The number of carbonyl (C=O) groups excluding carboxylic acids is 1. The van der Waals surface area contributed by atoms with E-state index >= 15 is 0 Å². The molecule has 8 nitrogen and oxygen atoms in total. The first-order valence-corrected chi connectivity index (χ1v) is 10.9. The van der Waals surface area contributed by atoms with Crippen LogP contribution in [0.1, 0.15) is 55.2 Å². The number of aromatic nitrogens is 1. The van der Waals surface area contributed by atoms with Crippen LogP contribution in [-0.2, 0) is 21.8 Å². The fraction of sp³-hybridized carbons (Fsp3) is 0.522. The van der Waals surface area contributed by atoms with E-state index < -0.39 is 17.7 Å². The van der Waals surface area contributed by atoms with E-state index in [4.69, 9.17) is 14.4 Å². The van der Waals surface area contributed by atoms with Crippen LogP contribution in [0, 0.1) is 12.8 Å². The molecule has 0 saturated carbocycles. The Balaban J connectivity index is 1.45. The number of amides is 1. The van der Waals surface area contributed by atoms with Crippen LogP contribution in [0.2, 0.25) is 0 Å². The minimum atomic E-state index is -0.756. The maximum atomic E-state index is 13.6. The van der Waals surface area contributed by atoms with Gasteiger partial charge >= 0.3 is 0 Å². The van der Waals surface area contributed by atoms with Crippen molar-refractivity contribution in [2.75, 3.05) is 6.54 Å². The zero-order valence-corrected chi connectivity index (χ0v) is 18.0. The van der Waals surface area contributed by atoms with Gasteiger partial charge in [-0.1, -0.05) is 43.3 Å². The lowest BCUT2D eigenvalue weighted by Gasteiger charge is -2.29. The second kappa shape index (κ2) is 7.46. The highest BCUT2D eigenvalue weighted by atomic mass is 16.7. The van der Waals surface area contributed by atoms with Crippen LogP contribution in [0.4, 0.5) is 0 Å². The zero-order valence-electron chi connectivity index (χ0n) is 18.0. The van der Waals surface area contributed by atoms with Crippen molar-refractivity contribution in [3.05, 3.63) is 52.9 Å². The molecule has 0 unspecified atom stereocenters. The van der Waals surface area contributed by atoms with E-state index in [1.54, 1.807) is 4.90 Å². The van der Waals surface area contributed by atoms with E-state index in [0.717, 1.165) is 24.1 Å². The molecule has 2 aliphatic heterocycles. The third-order valence-electron chi connectivity index (χ3n) is 6.56. The van der Waals surface area contributed by atoms with Crippen molar-refractivity contribution < 1.29 is 19.3 Å². The number of aliphatic hydroxyl groups excluding tert-OH is 1. The van der Waals surface area contributed by atoms with Gasteiger partial charge in [0.25, 0.3) is 0 Å². The number of aliphatic imine (C=N–C) groups is 1. The lowest BCUT2D eigenvalue weighted by atomic mass is 9.91. The Kier molecular flexibility index (Phi) is 4.86. The van der Waals surface area contributed by atoms with Gasteiger partial charge in [0, 0.05) is 31.0 Å². The number of nitrogens with zero attached hydrogens (tertiary/aromatic N) is 3. The van der Waals surface area contributed by atoms with Crippen LogP contribution in [0.3, 0.4) is 0 Å². The van der Waals surface area contributed by atoms with Crippen LogP contribution in [0.5, 0.6) is 0 Å². The van der Waals surface area contributed by atoms with Gasteiger partial charge in [0.05, 0.1) is 17.8 Å². The van der Waals surface area contributed by atoms with Crippen LogP contribution >= 0.6 is 0 Å². The highest BCUT2D eigenvalue weighted by molar-refractivity contribution is 5.94. The monoisotopic (exact) mass is 424 g/mol. The fourth-order valence-corrected chi connectivity index (χ4v) is 5.06. The summed E-state index contributed by atoms with van der Waals surface area (Å²) in [5.74, 6) is 0.596. The van der Waals surface area contributed by atoms with Crippen LogP contribution in [-0.4, -0.2) is 45.6 Å². The van der Waals surface area contributed by atoms with E-state index in [-0.39, 0.29) is 24.4 Å². The minimum absolute atomic E-state index is 0.0148. The summed E-state index contributed by atoms with van der Waals surface area (Å²) in [6, 6.07) is 9.59. The molecule has 3 aliphatic rings. The fourth-order valence-electron chi connectivity index (χ4n) is 5.06. The normalized spacial score (nSPS) is 28.2. The first kappa shape index (κ1) is 20.2. The van der Waals surface area contributed by atoms with Gasteiger partial charge in [0.2, 0.25) is 11.6 Å². The molecule has 0 radical (unpaired) electrons. The lowest BCUT2D eigenvalue weighted by molar-refractivity contribution is -0.134. The summed E-state index contributed by atoms with van der Waals surface area (Å²) in [4.78, 5) is 26.3. The van der Waals surface area contributed by atoms with Gasteiger partial charge in [0.15, 0.2) is 0 Å². The second-order valence-electron chi connectivity index (χ2n) is 9.13. The van der Waals surface area contributed by atoms with Gasteiger partial charge in [-0.15, -0.1) is 0 Å². The third kappa shape index (κ3) is 3.34. The molecule has 8 heteroatoms. The number of aliphatic hydroxyl groups is 1. The number of likely N-dealkylation sites (tertiary alicyclic amines) is 1. The quantitative estimate of drug-likeness (QED) is 0.782. The molecule has 1 spiro atoms. The Morgan fingerprint density at radius 1 is 1.35 bits per heavy atom. The summed E-state index contributed by atoms with van der Waals surface area (Å²) >= 11 is 0. The molecule has 3 heterocycles. The molecule has 5 rings (SSSR count). The van der Waals surface area contributed by atoms with E-state index in [2.05, 4.69) is 16.7 Å². The molecule has 31 heavy (non-hydrogen) atoms. The molecule has 0 bridgehead atoms. The van der Waals surface area contributed by atoms with Crippen molar-refractivity contribution in [1.29, 1.82) is 0 Å². The first-order chi connectivity index (χ1) is 14.9. The summed E-state index contributed by atoms with van der Waals surface area (Å²) in [5.41, 5.74) is 5.27. The van der Waals surface area contributed by atoms with Gasteiger partial charge in [-0.3, -0.25) is 4.79 Å². The van der Waals surface area contributed by atoms with E-state index in [0.29, 0.717) is 18.0 Å². The van der Waals surface area contributed by atoms with Gasteiger partial charge in [-0.2, -0.15) is 0 Å². The average Bonchev–Trinajstić information content (AvgIpc) is 3.51. The highest BCUT2D eigenvalue weighted by Gasteiger charge is 2.49. The minimum Gasteiger partial charge on any atom is -0.391 e. The van der Waals surface area contributed by atoms with E-state index in [1.807, 2.05) is 45.0 Å². The summed E-state index contributed by atoms with van der Waals surface area (Å²) in [6.07, 6.45) is 1.44. The van der Waals surface area contributed by atoms with E-state index in [9.17, 15) is 9.90 Å². The standard InChI is InChI=1S/C23H28N4O4/c1-13(2)20(19-10-14(3)25-30-19)22(29)27-12-16(28)11-18(27)21-24-23(31-26-21)9-8-15-6-4-5-7-17(15)23/h4-7,10,13,16,18,20,28H,8-9,11-12H2,1-3H3,(H,24,26)/t16-,18+,20+,23-/m1/s1. The summed E-state index contributed by atoms with van der Waals surface area (Å²) in [5, 5.41) is 14.4. The summed E-state index contributed by atoms with van der Waals surface area (Å²) < 4.78 is 5.44. The molecule has 1 saturated heterocycles. The molecular weight excluding hydrogens is 396 g/mol. The second-order valence-corrected chi connectivity index (χ2v) is 9.13. The molecular formula is C23H28N4O4. The Bertz CT molecular complexity index is 1030. The number of carbonyl (C=O) groups is 1. The molecule has 1 aromatic heterocycles. The zero-order chi connectivity index (χ0) is 21.8. The predicted octanol–water partition coefficient (Wildman–Crippen LogP) is 2.42. The molecule has 4 atom stereocenters. The van der Waals surface area contributed by atoms with Crippen molar-refractivity contribution in [2.24, 2.45) is 10.9 Å². The molecule has 1 aromatic carbocycles. The van der Waals surface area contributed by atoms with Gasteiger partial charge < -0.3 is 14.5 Å². The summed E-state index contributed by atoms with van der Waals surface area (Å²) in [7, 11) is 0. The Morgan fingerprint density at radius 3 is 2.90 bits per heavy atom. The van der Waals surface area contributed by atoms with Crippen molar-refractivity contribution in [3.63, 3.8) is 0 Å². The van der Waals surface area contributed by atoms with Gasteiger partial charge in [0.1, 0.15) is 17.5 Å². The number of β-amino-alcohol motifs (C(OH)–C–C–N with tert-alkyl or cyclic N) is 1. The van der Waals surface area contributed by atoms with Gasteiger partial charge in [-0.25, -0.2) is 15.3 Å². The highest BCUT2D eigenvalue weighted by Crippen LogP contribution is 2.43. The van der Waals surface area contributed by atoms with Gasteiger partial charge in [-0.05, 0) is 24.8 Å². The summed E-state index contributed by atoms with van der Waals surface area (Å²) in [6.45, 7) is 6.07. The van der Waals surface area contributed by atoms with Crippen LogP contribution in [0.25, 0.3) is 0 Å². The number of benzene rings is 1. The Morgan fingerprint density at radius 2 is 2.16 bits per heavy atom. The molecule has 2 N–H and O–H groups in total. The maximum absolute atomic E-state index is 13.6. The number of aryl methyl sites for hydroxylation is 2. The Hall–Kier alpha value is -2.71. The van der Waals surface area contributed by atoms with Crippen molar-refractivity contribution in [2.45, 2.75) is 63.8 Å². The molecule has 1 aliphatic carbocycles. The molecule has 1 fully saturated rings. The number of hydrogen-bond donors (Lipinski definition) is 2. The van der Waals surface area contributed by atoms with Crippen molar-refractivity contribution in [3.8, 4) is 0 Å². The maximum Gasteiger partial charge on any atom is 0.234 e. The SMILES string of the molecule is Cc1cc([C@@H](C(=O)N2C[C@H](O)C[C@H]2C2=N[C@]3(CCc4ccccc43)ON2)C(C)C)on1. The number of rotatable bonds is 4. The largest absolute Gasteiger partial charge is 0.391 e. The number of fused-ring (bicyclic) bond motifs is 2. The lowest BCUT2D eigenvalue weighted by Crippen LogP contribution is -2.46. The number of hydroxylamine groups is 1. The Labute approximate surface area is 181 Å².